The molecule has 0 unspecified atom stereocenters. The molecule has 0 aliphatic carbocycles. The average molecular weight is 268 g/mol. The van der Waals surface area contributed by atoms with E-state index in [0.29, 0.717) is 0 Å². The van der Waals surface area contributed by atoms with Crippen molar-refractivity contribution in [2.75, 3.05) is 13.2 Å². The van der Waals surface area contributed by atoms with Crippen LogP contribution in [0.3, 0.4) is 0 Å². The summed E-state index contributed by atoms with van der Waals surface area (Å²) in [5.74, 6) is 0. The van der Waals surface area contributed by atoms with Crippen LogP contribution < -0.4 is 0 Å². The Balaban J connectivity index is 4.38. The van der Waals surface area contributed by atoms with Gasteiger partial charge in [0.2, 0.25) is 0 Å². The number of hydrogen-bond donors (Lipinski definition) is 1. The van der Waals surface area contributed by atoms with E-state index in [0.717, 1.165) is 0 Å². The molecule has 0 saturated heterocycles. The van der Waals surface area contributed by atoms with Gasteiger partial charge in [0, 0.05) is 0 Å². The van der Waals surface area contributed by atoms with Crippen LogP contribution in [-0.4, -0.2) is 22.7 Å². The van der Waals surface area contributed by atoms with E-state index >= 15 is 0 Å². The molecule has 0 aromatic rings. The molecule has 0 rings (SSSR count). The van der Waals surface area contributed by atoms with Gasteiger partial charge in [-0.1, -0.05) is 0 Å². The van der Waals surface area contributed by atoms with Gasteiger partial charge in [-0.25, -0.2) is 0 Å². The summed E-state index contributed by atoms with van der Waals surface area (Å²) >= 11 is 2.02. The highest BCUT2D eigenvalue weighted by Crippen LogP contribution is 2.71. The van der Waals surface area contributed by atoms with Crippen molar-refractivity contribution in [1.29, 1.82) is 0 Å². The number of alkyl halides is 3. The minimum absolute atomic E-state index is 0.0224. The summed E-state index contributed by atoms with van der Waals surface area (Å²) in [4.78, 5) is 9.22. The maximum absolute atomic E-state index is 12.6. The van der Waals surface area contributed by atoms with Gasteiger partial charge in [-0.15, -0.1) is 8.78 Å². The molecule has 0 saturated carbocycles. The van der Waals surface area contributed by atoms with Crippen molar-refractivity contribution in [3.63, 3.8) is 0 Å². The summed E-state index contributed by atoms with van der Waals surface area (Å²) < 4.78 is 30.7. The van der Waals surface area contributed by atoms with Gasteiger partial charge in [0.05, 0.1) is 29.1 Å². The fourth-order valence-corrected chi connectivity index (χ4v) is 2.22. The molecule has 0 atom stereocenters. The lowest BCUT2D eigenvalue weighted by molar-refractivity contribution is 0.0935. The van der Waals surface area contributed by atoms with Crippen LogP contribution in [0.5, 0.6) is 0 Å². The van der Waals surface area contributed by atoms with Crippen LogP contribution in [0.25, 0.3) is 0 Å². The van der Waals surface area contributed by atoms with Crippen LogP contribution in [0, 0.1) is 0 Å². The highest BCUT2D eigenvalue weighted by atomic mass is 79.9. The fraction of sp³-hybridized carbons (Fsp3) is 1.00. The Kier molecular flexibility index (Phi) is 5.02. The van der Waals surface area contributed by atoms with Crippen molar-refractivity contribution in [1.82, 2.24) is 0 Å². The van der Waals surface area contributed by atoms with Crippen LogP contribution in [0.1, 0.15) is 13.8 Å². The van der Waals surface area contributed by atoms with E-state index in [1.807, 2.05) is 15.9 Å². The third-order valence-electron chi connectivity index (χ3n) is 0.929. The Morgan fingerprint density at radius 2 is 1.67 bits per heavy atom. The van der Waals surface area contributed by atoms with E-state index in [-0.39, 0.29) is 13.2 Å². The molecule has 0 spiro atoms. The summed E-state index contributed by atoms with van der Waals surface area (Å²) in [5, 5.41) is 0. The maximum atomic E-state index is 12.6. The molecular formula is C5H11BrF2O3P+. The average Bonchev–Trinajstić information content (AvgIpc) is 1.86. The zero-order chi connectivity index (χ0) is 9.83. The van der Waals surface area contributed by atoms with Crippen molar-refractivity contribution < 1.29 is 22.7 Å². The first kappa shape index (κ1) is 12.7. The van der Waals surface area contributed by atoms with Crippen molar-refractivity contribution in [3.8, 4) is 0 Å². The second kappa shape index (κ2) is 4.77. The van der Waals surface area contributed by atoms with E-state index in [1.165, 1.54) is 13.8 Å². The van der Waals surface area contributed by atoms with Gasteiger partial charge in [-0.05, 0) is 13.8 Å². The molecule has 3 nitrogen and oxygen atoms in total. The first-order chi connectivity index (χ1) is 5.37. The minimum Gasteiger partial charge on any atom is -0.187 e. The first-order valence-electron chi connectivity index (χ1n) is 3.35. The van der Waals surface area contributed by atoms with Crippen molar-refractivity contribution >= 4 is 23.9 Å². The topological polar surface area (TPSA) is 38.7 Å². The predicted octanol–water partition coefficient (Wildman–Crippen LogP) is 2.76. The lowest BCUT2D eigenvalue weighted by Crippen LogP contribution is -2.18. The lowest BCUT2D eigenvalue weighted by Gasteiger charge is -2.18. The smallest absolute Gasteiger partial charge is 0.187 e. The van der Waals surface area contributed by atoms with Crippen LogP contribution in [0.15, 0.2) is 0 Å². The highest BCUT2D eigenvalue weighted by Gasteiger charge is 2.65. The quantitative estimate of drug-likeness (QED) is 0.615. The second-order valence-corrected chi connectivity index (χ2v) is 5.55. The van der Waals surface area contributed by atoms with E-state index in [4.69, 9.17) is 0 Å². The largest absolute Gasteiger partial charge is 0.497 e. The Labute approximate surface area is 78.8 Å². The summed E-state index contributed by atoms with van der Waals surface area (Å²) in [6, 6.07) is 0. The Morgan fingerprint density at radius 1 is 1.33 bits per heavy atom. The summed E-state index contributed by atoms with van der Waals surface area (Å²) in [6.07, 6.45) is 0. The number of halogens is 3. The van der Waals surface area contributed by atoms with Gasteiger partial charge in [0.25, 0.3) is 0 Å². The molecule has 0 heterocycles. The van der Waals surface area contributed by atoms with E-state index in [2.05, 4.69) is 9.05 Å². The predicted molar refractivity (Wildman–Crippen MR) is 46.3 cm³/mol. The van der Waals surface area contributed by atoms with E-state index < -0.39 is 12.5 Å². The van der Waals surface area contributed by atoms with Gasteiger partial charge in [-0.3, -0.25) is 0 Å². The number of rotatable bonds is 5. The molecule has 0 bridgehead atoms. The highest BCUT2D eigenvalue weighted by molar-refractivity contribution is 9.11. The Morgan fingerprint density at radius 3 is 1.83 bits per heavy atom. The van der Waals surface area contributed by atoms with E-state index in [9.17, 15) is 13.7 Å². The van der Waals surface area contributed by atoms with Gasteiger partial charge in [0.1, 0.15) is 0 Å². The first-order valence-corrected chi connectivity index (χ1v) is 5.72. The molecule has 12 heavy (non-hydrogen) atoms. The lowest BCUT2D eigenvalue weighted by atomic mass is 10.9. The van der Waals surface area contributed by atoms with Gasteiger partial charge >= 0.3 is 12.5 Å². The molecule has 0 aromatic carbocycles. The molecule has 7 heteroatoms. The summed E-state index contributed by atoms with van der Waals surface area (Å²) in [6.45, 7) is 2.96. The molecule has 0 fully saturated rings. The summed E-state index contributed by atoms with van der Waals surface area (Å²) in [5.41, 5.74) is 0. The SMILES string of the molecule is CCO[P+](O)(OCC)C(F)(F)Br. The molecule has 0 radical (unpaired) electrons. The monoisotopic (exact) mass is 267 g/mol. The zero-order valence-corrected chi connectivity index (χ0v) is 9.24. The van der Waals surface area contributed by atoms with E-state index in [1.54, 1.807) is 0 Å². The fourth-order valence-electron chi connectivity index (χ4n) is 0.534. The molecule has 74 valence electrons. The summed E-state index contributed by atoms with van der Waals surface area (Å²) in [7, 11) is -4.07. The molecule has 0 aliphatic rings. The molecule has 0 aliphatic heterocycles. The zero-order valence-electron chi connectivity index (χ0n) is 6.76. The van der Waals surface area contributed by atoms with Crippen molar-refractivity contribution in [3.05, 3.63) is 0 Å². The van der Waals surface area contributed by atoms with Crippen LogP contribution in [-0.2, 0) is 9.05 Å². The van der Waals surface area contributed by atoms with Crippen LogP contribution in [0.4, 0.5) is 8.78 Å². The van der Waals surface area contributed by atoms with Gasteiger partial charge in [0.15, 0.2) is 0 Å². The minimum atomic E-state index is -4.07. The third kappa shape index (κ3) is 3.18. The maximum Gasteiger partial charge on any atom is 0.497 e. The molecule has 1 N–H and O–H groups in total. The second-order valence-electron chi connectivity index (χ2n) is 1.82. The van der Waals surface area contributed by atoms with Gasteiger partial charge in [-0.2, -0.15) is 13.9 Å². The standard InChI is InChI=1S/C5H11BrF2O3P/c1-3-10-12(9,11-4-2)5(6,7)8/h9H,3-4H2,1-2H3/q+1. The molecule has 0 amide bonds. The van der Waals surface area contributed by atoms with Crippen LogP contribution in [0.2, 0.25) is 0 Å². The van der Waals surface area contributed by atoms with Crippen LogP contribution >= 0.6 is 23.9 Å². The normalized spacial score (nSPS) is 13.5. The van der Waals surface area contributed by atoms with Crippen molar-refractivity contribution in [2.45, 2.75) is 18.4 Å². The molecule has 0 aromatic heterocycles. The van der Waals surface area contributed by atoms with Crippen molar-refractivity contribution in [2.24, 2.45) is 0 Å². The molecular weight excluding hydrogens is 257 g/mol. The third-order valence-corrected chi connectivity index (χ3v) is 4.13. The van der Waals surface area contributed by atoms with Gasteiger partial charge < -0.3 is 0 Å². The Hall–Kier alpha value is 0.650. The Bertz CT molecular complexity index is 135. The number of hydrogen-bond acceptors (Lipinski definition) is 3.